The van der Waals surface area contributed by atoms with Crippen LogP contribution in [0.5, 0.6) is 0 Å². The number of thioether (sulfide) groups is 1. The van der Waals surface area contributed by atoms with Gasteiger partial charge in [0, 0.05) is 5.69 Å². The number of halogens is 1. The van der Waals surface area contributed by atoms with Crippen molar-refractivity contribution in [2.75, 3.05) is 5.32 Å². The van der Waals surface area contributed by atoms with E-state index < -0.39 is 11.1 Å². The van der Waals surface area contributed by atoms with Crippen LogP contribution in [0.2, 0.25) is 0 Å². The van der Waals surface area contributed by atoms with Gasteiger partial charge < -0.3 is 5.32 Å². The second-order valence-electron chi connectivity index (χ2n) is 8.80. The molecule has 1 aromatic heterocycles. The highest BCUT2D eigenvalue weighted by molar-refractivity contribution is 8.00. The first-order valence-corrected chi connectivity index (χ1v) is 12.7. The lowest BCUT2D eigenvalue weighted by molar-refractivity contribution is -0.115. The summed E-state index contributed by atoms with van der Waals surface area (Å²) in [7, 11) is 0. The van der Waals surface area contributed by atoms with Crippen molar-refractivity contribution in [2.45, 2.75) is 24.3 Å². The maximum atomic E-state index is 13.7. The van der Waals surface area contributed by atoms with Crippen molar-refractivity contribution in [1.82, 2.24) is 9.55 Å². The lowest BCUT2D eigenvalue weighted by atomic mass is 10.1. The van der Waals surface area contributed by atoms with E-state index in [9.17, 15) is 14.0 Å². The molecule has 1 heterocycles. The van der Waals surface area contributed by atoms with Crippen molar-refractivity contribution >= 4 is 34.3 Å². The van der Waals surface area contributed by atoms with E-state index in [1.165, 1.54) is 40.6 Å². The number of benzene rings is 4. The molecule has 0 fully saturated rings. The molecule has 184 valence electrons. The number of carbonyl (C=O) groups is 1. The molecule has 0 saturated carbocycles. The number of nitrogens with one attached hydrogen (secondary N) is 1. The summed E-state index contributed by atoms with van der Waals surface area (Å²) in [6.07, 6.45) is 0. The normalized spacial score (nSPS) is 11.9. The van der Waals surface area contributed by atoms with Crippen molar-refractivity contribution in [2.24, 2.45) is 0 Å². The molecule has 37 heavy (non-hydrogen) atoms. The molecular formula is C30H24FN3O2S. The predicted octanol–water partition coefficient (Wildman–Crippen LogP) is 6.61. The quantitative estimate of drug-likeness (QED) is 0.207. The largest absolute Gasteiger partial charge is 0.325 e. The SMILES string of the molecule is Cc1cc(C)cc(NC(=O)[C@H](Sc2nc3ccccc3c(=O)n2-c2ccc(F)cc2)c2ccccc2)c1. The number of aromatic nitrogens is 2. The number of hydrogen-bond acceptors (Lipinski definition) is 4. The fourth-order valence-electron chi connectivity index (χ4n) is 4.27. The summed E-state index contributed by atoms with van der Waals surface area (Å²) >= 11 is 1.18. The summed E-state index contributed by atoms with van der Waals surface area (Å²) in [6, 6.07) is 28.0. The minimum Gasteiger partial charge on any atom is -0.325 e. The van der Waals surface area contributed by atoms with Crippen LogP contribution in [0.15, 0.2) is 107 Å². The summed E-state index contributed by atoms with van der Waals surface area (Å²) in [5.74, 6) is -0.649. The van der Waals surface area contributed by atoms with E-state index in [1.807, 2.05) is 68.4 Å². The van der Waals surface area contributed by atoms with Crippen LogP contribution in [0, 0.1) is 19.7 Å². The van der Waals surface area contributed by atoms with E-state index >= 15 is 0 Å². The summed E-state index contributed by atoms with van der Waals surface area (Å²) < 4.78 is 15.1. The van der Waals surface area contributed by atoms with Gasteiger partial charge in [-0.05, 0) is 79.1 Å². The van der Waals surface area contributed by atoms with Gasteiger partial charge in [-0.2, -0.15) is 0 Å². The molecule has 0 radical (unpaired) electrons. The minimum atomic E-state index is -0.707. The van der Waals surface area contributed by atoms with Gasteiger partial charge >= 0.3 is 0 Å². The van der Waals surface area contributed by atoms with Crippen LogP contribution in [-0.2, 0) is 4.79 Å². The standard InChI is InChI=1S/C30H24FN3O2S/c1-19-16-20(2)18-23(17-19)32-28(35)27(21-8-4-3-5-9-21)37-30-33-26-11-7-6-10-25(26)29(36)34(30)24-14-12-22(31)13-15-24/h3-18,27H,1-2H3,(H,32,35)/t27-/m1/s1. The van der Waals surface area contributed by atoms with Crippen LogP contribution in [0.1, 0.15) is 21.9 Å². The number of nitrogens with zero attached hydrogens (tertiary/aromatic N) is 2. The van der Waals surface area contributed by atoms with Crippen LogP contribution in [-0.4, -0.2) is 15.5 Å². The number of carbonyl (C=O) groups excluding carboxylic acids is 1. The third-order valence-corrected chi connectivity index (χ3v) is 7.09. The smallest absolute Gasteiger partial charge is 0.266 e. The fourth-order valence-corrected chi connectivity index (χ4v) is 5.38. The minimum absolute atomic E-state index is 0.241. The molecule has 5 rings (SSSR count). The van der Waals surface area contributed by atoms with Gasteiger partial charge in [-0.1, -0.05) is 60.3 Å². The molecule has 1 amide bonds. The van der Waals surface area contributed by atoms with Crippen LogP contribution >= 0.6 is 11.8 Å². The summed E-state index contributed by atoms with van der Waals surface area (Å²) in [4.78, 5) is 32.1. The van der Waals surface area contributed by atoms with Crippen LogP contribution in [0.3, 0.4) is 0 Å². The number of rotatable bonds is 6. The van der Waals surface area contributed by atoms with Gasteiger partial charge in [0.25, 0.3) is 5.56 Å². The Morgan fingerprint density at radius 2 is 1.54 bits per heavy atom. The Balaban J connectivity index is 1.63. The molecule has 0 saturated heterocycles. The average molecular weight is 510 g/mol. The summed E-state index contributed by atoms with van der Waals surface area (Å²) in [5, 5.41) is 3.10. The maximum Gasteiger partial charge on any atom is 0.266 e. The number of anilines is 1. The molecule has 0 spiro atoms. The number of para-hydroxylation sites is 1. The molecule has 7 heteroatoms. The first-order chi connectivity index (χ1) is 17.9. The molecular weight excluding hydrogens is 485 g/mol. The van der Waals surface area contributed by atoms with Gasteiger partial charge in [-0.25, -0.2) is 9.37 Å². The Morgan fingerprint density at radius 1 is 0.892 bits per heavy atom. The topological polar surface area (TPSA) is 64.0 Å². The molecule has 0 aliphatic heterocycles. The Bertz CT molecular complexity index is 1630. The van der Waals surface area contributed by atoms with Gasteiger partial charge in [0.2, 0.25) is 5.91 Å². The van der Waals surface area contributed by atoms with Crippen molar-refractivity contribution in [3.63, 3.8) is 0 Å². The van der Waals surface area contributed by atoms with E-state index in [1.54, 1.807) is 18.2 Å². The maximum absolute atomic E-state index is 13.7. The highest BCUT2D eigenvalue weighted by Crippen LogP contribution is 2.36. The summed E-state index contributed by atoms with van der Waals surface area (Å²) in [6.45, 7) is 3.96. The zero-order chi connectivity index (χ0) is 25.9. The van der Waals surface area contributed by atoms with Crippen LogP contribution in [0.25, 0.3) is 16.6 Å². The van der Waals surface area contributed by atoms with Crippen molar-refractivity contribution in [3.8, 4) is 5.69 Å². The van der Waals surface area contributed by atoms with E-state index in [-0.39, 0.29) is 11.5 Å². The second kappa shape index (κ2) is 10.4. The number of aryl methyl sites for hydroxylation is 2. The fraction of sp³-hybridized carbons (Fsp3) is 0.100. The van der Waals surface area contributed by atoms with Crippen molar-refractivity contribution in [3.05, 3.63) is 130 Å². The van der Waals surface area contributed by atoms with Gasteiger partial charge in [0.05, 0.1) is 16.6 Å². The highest BCUT2D eigenvalue weighted by Gasteiger charge is 2.26. The van der Waals surface area contributed by atoms with E-state index in [0.29, 0.717) is 27.4 Å². The van der Waals surface area contributed by atoms with E-state index in [0.717, 1.165) is 16.7 Å². The molecule has 0 aliphatic rings. The number of fused-ring (bicyclic) bond motifs is 1. The molecule has 0 aliphatic carbocycles. The first kappa shape index (κ1) is 24.5. The average Bonchev–Trinajstić information content (AvgIpc) is 2.88. The Labute approximate surface area is 218 Å². The lowest BCUT2D eigenvalue weighted by Gasteiger charge is -2.20. The Hall–Kier alpha value is -4.23. The molecule has 1 N–H and O–H groups in total. The van der Waals surface area contributed by atoms with Gasteiger partial charge in [-0.3, -0.25) is 14.2 Å². The Morgan fingerprint density at radius 3 is 2.24 bits per heavy atom. The van der Waals surface area contributed by atoms with Crippen molar-refractivity contribution < 1.29 is 9.18 Å². The summed E-state index contributed by atoms with van der Waals surface area (Å²) in [5.41, 5.74) is 4.25. The third kappa shape index (κ3) is 5.32. The monoisotopic (exact) mass is 509 g/mol. The number of amides is 1. The Kier molecular flexibility index (Phi) is 6.88. The molecule has 4 aromatic carbocycles. The number of hydrogen-bond donors (Lipinski definition) is 1. The molecule has 5 nitrogen and oxygen atoms in total. The molecule has 0 bridgehead atoms. The van der Waals surface area contributed by atoms with Crippen LogP contribution < -0.4 is 10.9 Å². The third-order valence-electron chi connectivity index (χ3n) is 5.88. The zero-order valence-corrected chi connectivity index (χ0v) is 21.1. The second-order valence-corrected chi connectivity index (χ2v) is 9.87. The van der Waals surface area contributed by atoms with Crippen molar-refractivity contribution in [1.29, 1.82) is 0 Å². The van der Waals surface area contributed by atoms with Gasteiger partial charge in [-0.15, -0.1) is 0 Å². The molecule has 0 unspecified atom stereocenters. The first-order valence-electron chi connectivity index (χ1n) is 11.8. The van der Waals surface area contributed by atoms with E-state index in [2.05, 4.69) is 5.32 Å². The van der Waals surface area contributed by atoms with E-state index in [4.69, 9.17) is 4.98 Å². The van der Waals surface area contributed by atoms with Gasteiger partial charge in [0.1, 0.15) is 11.1 Å². The zero-order valence-electron chi connectivity index (χ0n) is 20.3. The molecule has 1 atom stereocenters. The highest BCUT2D eigenvalue weighted by atomic mass is 32.2. The molecule has 5 aromatic rings. The van der Waals surface area contributed by atoms with Gasteiger partial charge in [0.15, 0.2) is 5.16 Å². The van der Waals surface area contributed by atoms with Crippen LogP contribution in [0.4, 0.5) is 10.1 Å². The predicted molar refractivity (Wildman–Crippen MR) is 147 cm³/mol. The lowest BCUT2D eigenvalue weighted by Crippen LogP contribution is -2.24.